The van der Waals surface area contributed by atoms with E-state index in [0.29, 0.717) is 0 Å². The zero-order valence-corrected chi connectivity index (χ0v) is 21.6. The zero-order chi connectivity index (χ0) is 23.6. The summed E-state index contributed by atoms with van der Waals surface area (Å²) in [6.07, 6.45) is 4.27. The second kappa shape index (κ2) is 7.95. The molecule has 1 aliphatic carbocycles. The van der Waals surface area contributed by atoms with Crippen molar-refractivity contribution < 1.29 is 0 Å². The molecule has 2 aliphatic rings. The molecule has 0 saturated carbocycles. The van der Waals surface area contributed by atoms with E-state index in [0.717, 1.165) is 28.7 Å². The average Bonchev–Trinajstić information content (AvgIpc) is 3.43. The van der Waals surface area contributed by atoms with E-state index in [1.807, 2.05) is 0 Å². The lowest BCUT2D eigenvalue weighted by Crippen LogP contribution is -2.06. The van der Waals surface area contributed by atoms with E-state index >= 15 is 0 Å². The first kappa shape index (κ1) is 21.4. The van der Waals surface area contributed by atoms with Gasteiger partial charge in [-0.1, -0.05) is 70.9 Å². The van der Waals surface area contributed by atoms with Crippen LogP contribution in [0.5, 0.6) is 0 Å². The number of benzene rings is 3. The number of rotatable bonds is 3. The summed E-state index contributed by atoms with van der Waals surface area (Å²) in [6, 6.07) is 19.8. The summed E-state index contributed by atoms with van der Waals surface area (Å²) in [5, 5.41) is 0. The summed E-state index contributed by atoms with van der Waals surface area (Å²) < 4.78 is 1.08. The maximum absolute atomic E-state index is 5.25. The molecule has 0 fully saturated rings. The SMILES string of the molecule is CCc1c(C=C2N=C(c3c(C)cc(C)cc3C)c3cc(Br)ccc32)[nH]c2c1Cc1ccccc1-2. The van der Waals surface area contributed by atoms with Crippen LogP contribution in [0.15, 0.2) is 64.1 Å². The highest BCUT2D eigenvalue weighted by molar-refractivity contribution is 9.10. The Morgan fingerprint density at radius 2 is 1.71 bits per heavy atom. The van der Waals surface area contributed by atoms with Crippen LogP contribution in [0, 0.1) is 20.8 Å². The maximum atomic E-state index is 5.25. The van der Waals surface area contributed by atoms with Crippen LogP contribution in [0.25, 0.3) is 23.0 Å². The number of nitrogens with zero attached hydrogens (tertiary/aromatic N) is 1. The zero-order valence-electron chi connectivity index (χ0n) is 20.0. The highest BCUT2D eigenvalue weighted by atomic mass is 79.9. The summed E-state index contributed by atoms with van der Waals surface area (Å²) >= 11 is 3.69. The van der Waals surface area contributed by atoms with Crippen LogP contribution >= 0.6 is 15.9 Å². The quantitative estimate of drug-likeness (QED) is 0.255. The van der Waals surface area contributed by atoms with Crippen molar-refractivity contribution >= 4 is 33.4 Å². The monoisotopic (exact) mass is 506 g/mol. The lowest BCUT2D eigenvalue weighted by Gasteiger charge is -2.12. The number of aromatic nitrogens is 1. The molecule has 0 radical (unpaired) electrons. The number of aromatic amines is 1. The van der Waals surface area contributed by atoms with Crippen molar-refractivity contribution in [1.29, 1.82) is 0 Å². The van der Waals surface area contributed by atoms with Gasteiger partial charge in [-0.05, 0) is 73.2 Å². The lowest BCUT2D eigenvalue weighted by molar-refractivity contribution is 1.09. The van der Waals surface area contributed by atoms with Gasteiger partial charge in [0.05, 0.1) is 11.4 Å². The van der Waals surface area contributed by atoms with Crippen molar-refractivity contribution in [3.8, 4) is 11.3 Å². The predicted molar refractivity (Wildman–Crippen MR) is 147 cm³/mol. The van der Waals surface area contributed by atoms with Crippen molar-refractivity contribution in [1.82, 2.24) is 4.98 Å². The number of nitrogens with one attached hydrogen (secondary N) is 1. The van der Waals surface area contributed by atoms with Gasteiger partial charge < -0.3 is 4.98 Å². The minimum atomic E-state index is 0.999. The second-order valence-corrected chi connectivity index (χ2v) is 10.4. The Labute approximate surface area is 209 Å². The molecule has 1 aliphatic heterocycles. The summed E-state index contributed by atoms with van der Waals surface area (Å²) in [4.78, 5) is 9.02. The highest BCUT2D eigenvalue weighted by Crippen LogP contribution is 2.42. The molecular formula is C31H27BrN2. The Balaban J connectivity index is 1.54. The molecule has 0 bridgehead atoms. The van der Waals surface area contributed by atoms with E-state index in [-0.39, 0.29) is 0 Å². The Morgan fingerprint density at radius 3 is 2.47 bits per heavy atom. The second-order valence-electron chi connectivity index (χ2n) is 9.51. The first-order valence-corrected chi connectivity index (χ1v) is 12.7. The van der Waals surface area contributed by atoms with Crippen molar-refractivity contribution in [3.05, 3.63) is 115 Å². The molecular weight excluding hydrogens is 480 g/mol. The number of fused-ring (bicyclic) bond motifs is 4. The first-order chi connectivity index (χ1) is 16.4. The number of halogens is 1. The van der Waals surface area contributed by atoms with Crippen LogP contribution < -0.4 is 0 Å². The molecule has 34 heavy (non-hydrogen) atoms. The van der Waals surface area contributed by atoms with Gasteiger partial charge in [-0.3, -0.25) is 0 Å². The van der Waals surface area contributed by atoms with E-state index < -0.39 is 0 Å². The molecule has 4 aromatic rings. The summed E-state index contributed by atoms with van der Waals surface area (Å²) in [5.41, 5.74) is 17.6. The third-order valence-corrected chi connectivity index (χ3v) is 7.69. The largest absolute Gasteiger partial charge is 0.354 e. The van der Waals surface area contributed by atoms with Crippen LogP contribution in [-0.4, -0.2) is 10.7 Å². The minimum Gasteiger partial charge on any atom is -0.354 e. The average molecular weight is 507 g/mol. The number of H-pyrrole nitrogens is 1. The molecule has 3 aromatic carbocycles. The van der Waals surface area contributed by atoms with Crippen LogP contribution in [0.1, 0.15) is 62.7 Å². The van der Waals surface area contributed by atoms with E-state index in [4.69, 9.17) is 4.99 Å². The molecule has 0 unspecified atom stereocenters. The van der Waals surface area contributed by atoms with Crippen molar-refractivity contribution in [2.45, 2.75) is 40.5 Å². The molecule has 3 heteroatoms. The Kier molecular flexibility index (Phi) is 5.00. The van der Waals surface area contributed by atoms with Gasteiger partial charge in [-0.2, -0.15) is 0 Å². The molecule has 1 aromatic heterocycles. The predicted octanol–water partition coefficient (Wildman–Crippen LogP) is 8.19. The van der Waals surface area contributed by atoms with Crippen LogP contribution in [0.3, 0.4) is 0 Å². The van der Waals surface area contributed by atoms with Crippen LogP contribution in [-0.2, 0) is 12.8 Å². The van der Waals surface area contributed by atoms with Gasteiger partial charge >= 0.3 is 0 Å². The van der Waals surface area contributed by atoms with Crippen molar-refractivity contribution in [2.24, 2.45) is 4.99 Å². The molecule has 168 valence electrons. The molecule has 6 rings (SSSR count). The van der Waals surface area contributed by atoms with E-state index in [1.165, 1.54) is 67.0 Å². The fourth-order valence-electron chi connectivity index (χ4n) is 5.83. The fraction of sp³-hybridized carbons (Fsp3) is 0.194. The van der Waals surface area contributed by atoms with Crippen LogP contribution in [0.4, 0.5) is 0 Å². The summed E-state index contributed by atoms with van der Waals surface area (Å²) in [7, 11) is 0. The number of hydrogen-bond acceptors (Lipinski definition) is 1. The third-order valence-electron chi connectivity index (χ3n) is 7.20. The van der Waals surface area contributed by atoms with E-state index in [9.17, 15) is 0 Å². The summed E-state index contributed by atoms with van der Waals surface area (Å²) in [6.45, 7) is 8.80. The standard InChI is InChI=1S/C31H27BrN2/c1-5-22-25-14-20-8-6-7-9-23(20)30(25)33-27(22)16-28-24-11-10-21(32)15-26(24)31(34-28)29-18(3)12-17(2)13-19(29)4/h6-13,15-16,33H,5,14H2,1-4H3. The number of aryl methyl sites for hydroxylation is 3. The summed E-state index contributed by atoms with van der Waals surface area (Å²) in [5.74, 6) is 0. The van der Waals surface area contributed by atoms with Gasteiger partial charge in [-0.25, -0.2) is 4.99 Å². The Hall–Kier alpha value is -3.17. The van der Waals surface area contributed by atoms with Crippen molar-refractivity contribution in [2.75, 3.05) is 0 Å². The number of aliphatic imine (C=N–C) groups is 1. The highest BCUT2D eigenvalue weighted by Gasteiger charge is 2.27. The van der Waals surface area contributed by atoms with Gasteiger partial charge in [0, 0.05) is 44.5 Å². The van der Waals surface area contributed by atoms with E-state index in [1.54, 1.807) is 0 Å². The van der Waals surface area contributed by atoms with Gasteiger partial charge in [0.2, 0.25) is 0 Å². The third kappa shape index (κ3) is 3.25. The molecule has 0 saturated heterocycles. The van der Waals surface area contributed by atoms with Gasteiger partial charge in [0.1, 0.15) is 0 Å². The molecule has 0 spiro atoms. The van der Waals surface area contributed by atoms with Gasteiger partial charge in [0.15, 0.2) is 0 Å². The Bertz CT molecular complexity index is 1520. The molecule has 2 heterocycles. The molecule has 0 amide bonds. The molecule has 1 N–H and O–H groups in total. The molecule has 2 nitrogen and oxygen atoms in total. The van der Waals surface area contributed by atoms with Crippen LogP contribution in [0.2, 0.25) is 0 Å². The van der Waals surface area contributed by atoms with Gasteiger partial charge in [-0.15, -0.1) is 0 Å². The maximum Gasteiger partial charge on any atom is 0.0794 e. The molecule has 0 atom stereocenters. The first-order valence-electron chi connectivity index (χ1n) is 12.0. The smallest absolute Gasteiger partial charge is 0.0794 e. The van der Waals surface area contributed by atoms with Gasteiger partial charge in [0.25, 0.3) is 0 Å². The lowest BCUT2D eigenvalue weighted by atomic mass is 9.91. The minimum absolute atomic E-state index is 0.999. The normalized spacial score (nSPS) is 14.9. The fourth-order valence-corrected chi connectivity index (χ4v) is 6.19. The Morgan fingerprint density at radius 1 is 0.941 bits per heavy atom. The van der Waals surface area contributed by atoms with E-state index in [2.05, 4.69) is 109 Å². The van der Waals surface area contributed by atoms with Crippen molar-refractivity contribution in [3.63, 3.8) is 0 Å². The topological polar surface area (TPSA) is 28.1 Å². The number of hydrogen-bond donors (Lipinski definition) is 1.